The Morgan fingerprint density at radius 3 is 2.59 bits per heavy atom. The second kappa shape index (κ2) is 11.1. The molecule has 6 nitrogen and oxygen atoms in total. The van der Waals surface area contributed by atoms with Crippen LogP contribution in [-0.4, -0.2) is 32.2 Å². The minimum atomic E-state index is -0.502. The highest BCUT2D eigenvalue weighted by Crippen LogP contribution is 2.23. The summed E-state index contributed by atoms with van der Waals surface area (Å²) in [5.74, 6) is 0.849. The predicted octanol–water partition coefficient (Wildman–Crippen LogP) is 3.89. The molecule has 0 bridgehead atoms. The van der Waals surface area contributed by atoms with Gasteiger partial charge in [-0.2, -0.15) is 0 Å². The Morgan fingerprint density at radius 2 is 1.90 bits per heavy atom. The van der Waals surface area contributed by atoms with Crippen molar-refractivity contribution in [2.24, 2.45) is 0 Å². The van der Waals surface area contributed by atoms with E-state index in [0.717, 1.165) is 22.4 Å². The molecule has 0 saturated heterocycles. The van der Waals surface area contributed by atoms with Crippen molar-refractivity contribution in [2.45, 2.75) is 39.7 Å². The van der Waals surface area contributed by atoms with Crippen LogP contribution in [0.4, 0.5) is 0 Å². The van der Waals surface area contributed by atoms with Gasteiger partial charge >= 0.3 is 5.97 Å². The Hall–Kier alpha value is -3.02. The third-order valence-corrected chi connectivity index (χ3v) is 4.42. The molecule has 0 saturated carbocycles. The Morgan fingerprint density at radius 1 is 1.10 bits per heavy atom. The van der Waals surface area contributed by atoms with Crippen LogP contribution >= 0.6 is 0 Å². The molecule has 156 valence electrons. The van der Waals surface area contributed by atoms with E-state index < -0.39 is 6.04 Å². The lowest BCUT2D eigenvalue weighted by molar-refractivity contribution is -0.143. The number of carbonyl (C=O) groups is 2. The number of benzene rings is 2. The number of aryl methyl sites for hydroxylation is 2. The summed E-state index contributed by atoms with van der Waals surface area (Å²) < 4.78 is 16.0. The van der Waals surface area contributed by atoms with Crippen LogP contribution in [0.5, 0.6) is 11.5 Å². The molecule has 2 rings (SSSR count). The minimum Gasteiger partial charge on any atom is -0.497 e. The summed E-state index contributed by atoms with van der Waals surface area (Å²) in [7, 11) is 1.57. The average Bonchev–Trinajstić information content (AvgIpc) is 2.69. The topological polar surface area (TPSA) is 73.9 Å². The van der Waals surface area contributed by atoms with Gasteiger partial charge in [0.1, 0.15) is 11.5 Å². The van der Waals surface area contributed by atoms with Crippen LogP contribution in [0, 0.1) is 13.8 Å². The normalized spacial score (nSPS) is 11.4. The van der Waals surface area contributed by atoms with Crippen molar-refractivity contribution in [2.75, 3.05) is 20.3 Å². The lowest BCUT2D eigenvalue weighted by Crippen LogP contribution is -2.31. The van der Waals surface area contributed by atoms with Crippen molar-refractivity contribution in [3.05, 3.63) is 59.2 Å². The second-order valence-electron chi connectivity index (χ2n) is 6.77. The zero-order valence-electron chi connectivity index (χ0n) is 17.5. The maximum atomic E-state index is 12.5. The summed E-state index contributed by atoms with van der Waals surface area (Å²) in [5, 5.41) is 2.91. The fourth-order valence-corrected chi connectivity index (χ4v) is 2.98. The van der Waals surface area contributed by atoms with Crippen LogP contribution in [0.25, 0.3) is 0 Å². The summed E-state index contributed by atoms with van der Waals surface area (Å²) in [5.41, 5.74) is 2.97. The third-order valence-electron chi connectivity index (χ3n) is 4.42. The zero-order valence-corrected chi connectivity index (χ0v) is 17.5. The Kier molecular flexibility index (Phi) is 8.52. The van der Waals surface area contributed by atoms with E-state index in [9.17, 15) is 9.59 Å². The first-order valence-electron chi connectivity index (χ1n) is 9.72. The van der Waals surface area contributed by atoms with Gasteiger partial charge in [0.2, 0.25) is 5.91 Å². The summed E-state index contributed by atoms with van der Waals surface area (Å²) >= 11 is 0. The quantitative estimate of drug-likeness (QED) is 0.614. The molecule has 2 aromatic carbocycles. The first-order valence-corrected chi connectivity index (χ1v) is 9.72. The lowest BCUT2D eigenvalue weighted by Gasteiger charge is -2.19. The Bertz CT molecular complexity index is 834. The first-order chi connectivity index (χ1) is 13.9. The summed E-state index contributed by atoms with van der Waals surface area (Å²) in [4.78, 5) is 24.5. The van der Waals surface area contributed by atoms with E-state index in [1.165, 1.54) is 0 Å². The van der Waals surface area contributed by atoms with Crippen LogP contribution < -0.4 is 14.8 Å². The summed E-state index contributed by atoms with van der Waals surface area (Å²) in [6.45, 7) is 6.29. The molecule has 0 aliphatic rings. The standard InChI is InChI=1S/C23H29NO5/c1-5-28-23(26)15-20(18-7-6-8-19(14-18)27-4)24-22(25)11-12-29-21-10-9-16(2)13-17(21)3/h6-10,13-14,20H,5,11-12,15H2,1-4H3,(H,24,25). The lowest BCUT2D eigenvalue weighted by atomic mass is 10.0. The number of carbonyl (C=O) groups excluding carboxylic acids is 2. The predicted molar refractivity (Wildman–Crippen MR) is 111 cm³/mol. The largest absolute Gasteiger partial charge is 0.497 e. The smallest absolute Gasteiger partial charge is 0.308 e. The van der Waals surface area contributed by atoms with E-state index in [2.05, 4.69) is 5.32 Å². The maximum Gasteiger partial charge on any atom is 0.308 e. The molecule has 29 heavy (non-hydrogen) atoms. The van der Waals surface area contributed by atoms with E-state index in [1.54, 1.807) is 20.1 Å². The van der Waals surface area contributed by atoms with Crippen LogP contribution in [0.1, 0.15) is 42.5 Å². The van der Waals surface area contributed by atoms with Crippen molar-refractivity contribution < 1.29 is 23.8 Å². The molecule has 1 atom stereocenters. The van der Waals surface area contributed by atoms with Gasteiger partial charge in [-0.1, -0.05) is 29.8 Å². The van der Waals surface area contributed by atoms with Crippen LogP contribution in [0.15, 0.2) is 42.5 Å². The Labute approximate surface area is 172 Å². The number of ether oxygens (including phenoxy) is 3. The van der Waals surface area contributed by atoms with E-state index in [1.807, 2.05) is 50.2 Å². The monoisotopic (exact) mass is 399 g/mol. The molecule has 1 N–H and O–H groups in total. The molecule has 1 amide bonds. The van der Waals surface area contributed by atoms with Gasteiger partial charge in [0.05, 0.1) is 39.2 Å². The van der Waals surface area contributed by atoms with Crippen LogP contribution in [0.2, 0.25) is 0 Å². The van der Waals surface area contributed by atoms with Crippen molar-refractivity contribution in [3.8, 4) is 11.5 Å². The molecular weight excluding hydrogens is 370 g/mol. The summed E-state index contributed by atoms with van der Waals surface area (Å²) in [6.07, 6.45) is 0.223. The number of methoxy groups -OCH3 is 1. The van der Waals surface area contributed by atoms with E-state index in [0.29, 0.717) is 12.4 Å². The fourth-order valence-electron chi connectivity index (χ4n) is 2.98. The molecule has 0 aliphatic carbocycles. The molecule has 2 aromatic rings. The average molecular weight is 399 g/mol. The number of rotatable bonds is 10. The molecule has 0 heterocycles. The molecule has 0 spiro atoms. The molecule has 0 radical (unpaired) electrons. The molecule has 0 aliphatic heterocycles. The molecular formula is C23H29NO5. The summed E-state index contributed by atoms with van der Waals surface area (Å²) in [6, 6.07) is 12.7. The van der Waals surface area contributed by atoms with Gasteiger partial charge in [0.25, 0.3) is 0 Å². The SMILES string of the molecule is CCOC(=O)CC(NC(=O)CCOc1ccc(C)cc1C)c1cccc(OC)c1. The van der Waals surface area contributed by atoms with E-state index >= 15 is 0 Å². The van der Waals surface area contributed by atoms with Crippen molar-refractivity contribution in [3.63, 3.8) is 0 Å². The van der Waals surface area contributed by atoms with Crippen molar-refractivity contribution in [1.29, 1.82) is 0 Å². The van der Waals surface area contributed by atoms with Crippen molar-refractivity contribution >= 4 is 11.9 Å². The number of esters is 1. The van der Waals surface area contributed by atoms with Gasteiger partial charge in [-0.25, -0.2) is 0 Å². The van der Waals surface area contributed by atoms with Crippen LogP contribution in [0.3, 0.4) is 0 Å². The van der Waals surface area contributed by atoms with Gasteiger partial charge in [0, 0.05) is 0 Å². The van der Waals surface area contributed by atoms with Gasteiger partial charge in [-0.05, 0) is 50.1 Å². The maximum absolute atomic E-state index is 12.5. The molecule has 0 fully saturated rings. The third kappa shape index (κ3) is 7.14. The highest BCUT2D eigenvalue weighted by atomic mass is 16.5. The molecule has 6 heteroatoms. The Balaban J connectivity index is 1.99. The molecule has 0 aromatic heterocycles. The first kappa shape index (κ1) is 22.3. The van der Waals surface area contributed by atoms with Crippen LogP contribution in [-0.2, 0) is 14.3 Å². The highest BCUT2D eigenvalue weighted by Gasteiger charge is 2.20. The highest BCUT2D eigenvalue weighted by molar-refractivity contribution is 5.78. The second-order valence-corrected chi connectivity index (χ2v) is 6.77. The number of hydrogen-bond donors (Lipinski definition) is 1. The number of amides is 1. The zero-order chi connectivity index (χ0) is 21.2. The van der Waals surface area contributed by atoms with Gasteiger partial charge < -0.3 is 19.5 Å². The number of hydrogen-bond acceptors (Lipinski definition) is 5. The van der Waals surface area contributed by atoms with E-state index in [4.69, 9.17) is 14.2 Å². The van der Waals surface area contributed by atoms with Gasteiger partial charge in [-0.15, -0.1) is 0 Å². The minimum absolute atomic E-state index is 0.0463. The molecule has 1 unspecified atom stereocenters. The van der Waals surface area contributed by atoms with E-state index in [-0.39, 0.29) is 31.3 Å². The number of nitrogens with one attached hydrogen (secondary N) is 1. The van der Waals surface area contributed by atoms with Gasteiger partial charge in [0.15, 0.2) is 0 Å². The van der Waals surface area contributed by atoms with Crippen molar-refractivity contribution in [1.82, 2.24) is 5.32 Å². The fraction of sp³-hybridized carbons (Fsp3) is 0.391. The van der Waals surface area contributed by atoms with Gasteiger partial charge in [-0.3, -0.25) is 9.59 Å².